The number of hydrogen-bond acceptors (Lipinski definition) is 5. The summed E-state index contributed by atoms with van der Waals surface area (Å²) in [5.74, 6) is 1.69. The molecular formula is C29H37N5O3. The Balaban J connectivity index is 1.38. The number of aryl methyl sites for hydroxylation is 2. The third-order valence-electron chi connectivity index (χ3n) is 7.73. The fraction of sp³-hybridized carbons (Fsp3) is 0.517. The van der Waals surface area contributed by atoms with E-state index in [1.807, 2.05) is 26.0 Å². The highest BCUT2D eigenvalue weighted by Crippen LogP contribution is 2.37. The molecule has 2 fully saturated rings. The molecule has 3 N–H and O–H groups in total. The van der Waals surface area contributed by atoms with E-state index in [0.717, 1.165) is 53.0 Å². The molecular weight excluding hydrogens is 466 g/mol. The van der Waals surface area contributed by atoms with Crippen molar-refractivity contribution in [3.05, 3.63) is 41.3 Å². The van der Waals surface area contributed by atoms with Crippen molar-refractivity contribution in [3.8, 4) is 17.0 Å². The van der Waals surface area contributed by atoms with Crippen molar-refractivity contribution in [1.29, 1.82) is 0 Å². The van der Waals surface area contributed by atoms with Crippen LogP contribution < -0.4 is 15.4 Å². The van der Waals surface area contributed by atoms with Crippen molar-refractivity contribution >= 4 is 22.8 Å². The van der Waals surface area contributed by atoms with Crippen molar-refractivity contribution in [1.82, 2.24) is 25.6 Å². The number of amides is 2. The predicted octanol–water partition coefficient (Wildman–Crippen LogP) is 4.84. The second-order valence-electron chi connectivity index (χ2n) is 10.8. The zero-order valence-corrected chi connectivity index (χ0v) is 22.2. The average Bonchev–Trinajstić information content (AvgIpc) is 3.64. The third-order valence-corrected chi connectivity index (χ3v) is 7.73. The predicted molar refractivity (Wildman–Crippen MR) is 144 cm³/mol. The second-order valence-corrected chi connectivity index (χ2v) is 10.8. The van der Waals surface area contributed by atoms with Crippen LogP contribution in [0.5, 0.6) is 5.75 Å². The summed E-state index contributed by atoms with van der Waals surface area (Å²) in [5.41, 5.74) is 5.43. The summed E-state index contributed by atoms with van der Waals surface area (Å²) in [4.78, 5) is 37.8. The number of ether oxygens (including phenoxy) is 1. The van der Waals surface area contributed by atoms with Crippen molar-refractivity contribution in [2.75, 3.05) is 6.61 Å². The molecule has 8 heteroatoms. The lowest BCUT2D eigenvalue weighted by Gasteiger charge is -2.35. The van der Waals surface area contributed by atoms with Crippen LogP contribution in [0.2, 0.25) is 0 Å². The fourth-order valence-electron chi connectivity index (χ4n) is 5.36. The van der Waals surface area contributed by atoms with Crippen LogP contribution in [0.3, 0.4) is 0 Å². The Morgan fingerprint density at radius 2 is 1.92 bits per heavy atom. The van der Waals surface area contributed by atoms with Crippen molar-refractivity contribution < 1.29 is 14.3 Å². The standard InChI is InChI=1S/C29H37N5O3/c1-5-24(35)34-22-10-9-20(13-17(22)3)33-29(36)25-18(4)32-28-26(30-15-31-27(25)28)21-12-16(2)6-11-23(21)37-14-19-7-8-19/h6,11-12,15,17,19-20,22,32H,5,7-10,13-14H2,1-4H3,(H,33,36)(H,34,35). The van der Waals surface area contributed by atoms with E-state index in [2.05, 4.69) is 45.5 Å². The zero-order chi connectivity index (χ0) is 26.1. The van der Waals surface area contributed by atoms with Gasteiger partial charge in [-0.3, -0.25) is 9.59 Å². The first kappa shape index (κ1) is 25.2. The van der Waals surface area contributed by atoms with E-state index in [9.17, 15) is 9.59 Å². The molecule has 2 heterocycles. The fourth-order valence-corrected chi connectivity index (χ4v) is 5.36. The van der Waals surface area contributed by atoms with Gasteiger partial charge in [0.1, 0.15) is 23.3 Å². The lowest BCUT2D eigenvalue weighted by Crippen LogP contribution is -2.48. The third kappa shape index (κ3) is 5.48. The topological polar surface area (TPSA) is 109 Å². The SMILES string of the molecule is CCC(=O)NC1CCC(NC(=O)c2c(C)[nH]c3c(-c4cc(C)ccc4OCC4CC4)ncnc23)CC1C. The highest BCUT2D eigenvalue weighted by molar-refractivity contribution is 6.09. The normalized spacial score (nSPS) is 21.6. The summed E-state index contributed by atoms with van der Waals surface area (Å²) in [6.45, 7) is 8.67. The number of nitrogens with zero attached hydrogens (tertiary/aromatic N) is 2. The quantitative estimate of drug-likeness (QED) is 0.407. The van der Waals surface area contributed by atoms with Crippen LogP contribution in [0, 0.1) is 25.7 Å². The second kappa shape index (κ2) is 10.5. The number of fused-ring (bicyclic) bond motifs is 1. The van der Waals surface area contributed by atoms with Gasteiger partial charge >= 0.3 is 0 Å². The number of H-pyrrole nitrogens is 1. The number of nitrogens with one attached hydrogen (secondary N) is 3. The van der Waals surface area contributed by atoms with E-state index in [0.29, 0.717) is 35.9 Å². The van der Waals surface area contributed by atoms with E-state index in [1.165, 1.54) is 19.2 Å². The van der Waals surface area contributed by atoms with Crippen LogP contribution in [-0.4, -0.2) is 45.5 Å². The van der Waals surface area contributed by atoms with Gasteiger partial charge in [-0.1, -0.05) is 25.5 Å². The summed E-state index contributed by atoms with van der Waals surface area (Å²) in [5, 5.41) is 6.35. The first-order valence-corrected chi connectivity index (χ1v) is 13.5. The molecule has 8 nitrogen and oxygen atoms in total. The number of carbonyl (C=O) groups excluding carboxylic acids is 2. The molecule has 0 bridgehead atoms. The maximum Gasteiger partial charge on any atom is 0.255 e. The molecule has 2 amide bonds. The number of carbonyl (C=O) groups is 2. The number of aromatic amines is 1. The van der Waals surface area contributed by atoms with Crippen LogP contribution in [0.25, 0.3) is 22.3 Å². The van der Waals surface area contributed by atoms with Gasteiger partial charge in [0.15, 0.2) is 0 Å². The minimum Gasteiger partial charge on any atom is -0.493 e. The minimum absolute atomic E-state index is 0.0575. The molecule has 0 radical (unpaired) electrons. The van der Waals surface area contributed by atoms with E-state index in [1.54, 1.807) is 0 Å². The van der Waals surface area contributed by atoms with E-state index < -0.39 is 0 Å². The summed E-state index contributed by atoms with van der Waals surface area (Å²) >= 11 is 0. The number of aromatic nitrogens is 3. The average molecular weight is 504 g/mol. The van der Waals surface area contributed by atoms with Crippen LogP contribution in [0.15, 0.2) is 24.5 Å². The first-order chi connectivity index (χ1) is 17.8. The molecule has 3 unspecified atom stereocenters. The maximum atomic E-state index is 13.5. The molecule has 0 spiro atoms. The first-order valence-electron chi connectivity index (χ1n) is 13.5. The Morgan fingerprint density at radius 3 is 2.65 bits per heavy atom. The van der Waals surface area contributed by atoms with Crippen LogP contribution >= 0.6 is 0 Å². The molecule has 2 aromatic heterocycles. The Bertz CT molecular complexity index is 1310. The highest BCUT2D eigenvalue weighted by Gasteiger charge is 2.31. The highest BCUT2D eigenvalue weighted by atomic mass is 16.5. The van der Waals surface area contributed by atoms with Crippen molar-refractivity contribution in [2.45, 2.75) is 78.3 Å². The Hall–Kier alpha value is -3.42. The molecule has 3 aromatic rings. The minimum atomic E-state index is -0.129. The lowest BCUT2D eigenvalue weighted by atomic mass is 9.82. The van der Waals surface area contributed by atoms with Gasteiger partial charge in [0.25, 0.3) is 5.91 Å². The van der Waals surface area contributed by atoms with Gasteiger partial charge in [-0.2, -0.15) is 0 Å². The summed E-state index contributed by atoms with van der Waals surface area (Å²) < 4.78 is 6.17. The maximum absolute atomic E-state index is 13.5. The van der Waals surface area contributed by atoms with E-state index in [-0.39, 0.29) is 23.9 Å². The number of benzene rings is 1. The van der Waals surface area contributed by atoms with E-state index in [4.69, 9.17) is 4.74 Å². The Kier molecular flexibility index (Phi) is 7.17. The molecule has 5 rings (SSSR count). The van der Waals surface area contributed by atoms with Gasteiger partial charge in [0, 0.05) is 29.8 Å². The smallest absolute Gasteiger partial charge is 0.255 e. The molecule has 2 aliphatic rings. The van der Waals surface area contributed by atoms with Crippen LogP contribution in [0.1, 0.15) is 74.0 Å². The van der Waals surface area contributed by atoms with Crippen LogP contribution in [-0.2, 0) is 4.79 Å². The van der Waals surface area contributed by atoms with Gasteiger partial charge in [-0.25, -0.2) is 9.97 Å². The Morgan fingerprint density at radius 1 is 1.11 bits per heavy atom. The number of rotatable bonds is 8. The molecule has 1 aromatic carbocycles. The summed E-state index contributed by atoms with van der Waals surface area (Å²) in [6, 6.07) is 6.35. The molecule has 0 saturated heterocycles. The zero-order valence-electron chi connectivity index (χ0n) is 22.2. The van der Waals surface area contributed by atoms with Gasteiger partial charge in [0.2, 0.25) is 5.91 Å². The Labute approximate surface area is 218 Å². The van der Waals surface area contributed by atoms with Crippen molar-refractivity contribution in [2.24, 2.45) is 11.8 Å². The summed E-state index contributed by atoms with van der Waals surface area (Å²) in [7, 11) is 0. The van der Waals surface area contributed by atoms with Crippen molar-refractivity contribution in [3.63, 3.8) is 0 Å². The van der Waals surface area contributed by atoms with Crippen LogP contribution in [0.4, 0.5) is 0 Å². The molecule has 196 valence electrons. The molecule has 2 aliphatic carbocycles. The van der Waals surface area contributed by atoms with Gasteiger partial charge < -0.3 is 20.4 Å². The van der Waals surface area contributed by atoms with Gasteiger partial charge in [-0.05, 0) is 69.9 Å². The summed E-state index contributed by atoms with van der Waals surface area (Å²) in [6.07, 6.45) is 6.97. The van der Waals surface area contributed by atoms with Gasteiger partial charge in [-0.15, -0.1) is 0 Å². The van der Waals surface area contributed by atoms with E-state index >= 15 is 0 Å². The lowest BCUT2D eigenvalue weighted by molar-refractivity contribution is -0.122. The number of hydrogen-bond donors (Lipinski definition) is 3. The largest absolute Gasteiger partial charge is 0.493 e. The molecule has 0 aliphatic heterocycles. The molecule has 2 saturated carbocycles. The van der Waals surface area contributed by atoms with Gasteiger partial charge in [0.05, 0.1) is 17.7 Å². The molecule has 37 heavy (non-hydrogen) atoms. The molecule has 3 atom stereocenters. The monoisotopic (exact) mass is 503 g/mol.